The Labute approximate surface area is 166 Å². The minimum absolute atomic E-state index is 0.372. The summed E-state index contributed by atoms with van der Waals surface area (Å²) in [5.74, 6) is -0.477. The molecule has 1 heterocycles. The molecule has 6 heteroatoms. The normalized spacial score (nSPS) is 11.3. The summed E-state index contributed by atoms with van der Waals surface area (Å²) in [5.41, 5.74) is 0.566. The van der Waals surface area contributed by atoms with Crippen molar-refractivity contribution in [1.82, 2.24) is 4.98 Å². The number of hydrogen-bond acceptors (Lipinski definition) is 4. The molecule has 5 nitrogen and oxygen atoms in total. The van der Waals surface area contributed by atoms with Crippen molar-refractivity contribution in [3.63, 3.8) is 0 Å². The lowest BCUT2D eigenvalue weighted by atomic mass is 10.1. The number of carbonyl (C=O) groups excluding carboxylic acids is 2. The van der Waals surface area contributed by atoms with E-state index in [1.165, 1.54) is 0 Å². The van der Waals surface area contributed by atoms with Crippen molar-refractivity contribution in [2.24, 2.45) is 0 Å². The number of imide groups is 1. The van der Waals surface area contributed by atoms with Gasteiger partial charge in [0.1, 0.15) is 5.60 Å². The zero-order valence-electron chi connectivity index (χ0n) is 15.3. The van der Waals surface area contributed by atoms with Crippen LogP contribution in [0, 0.1) is 0 Å². The molecule has 0 atom stereocenters. The molecule has 138 valence electrons. The monoisotopic (exact) mass is 426 g/mol. The third-order valence-corrected chi connectivity index (χ3v) is 4.25. The molecule has 0 aliphatic heterocycles. The van der Waals surface area contributed by atoms with E-state index in [-0.39, 0.29) is 0 Å². The molecular weight excluding hydrogens is 408 g/mol. The second kappa shape index (κ2) is 7.48. The van der Waals surface area contributed by atoms with Crippen LogP contribution < -0.4 is 4.90 Å². The van der Waals surface area contributed by atoms with Gasteiger partial charge in [-0.25, -0.2) is 9.69 Å². The summed E-state index contributed by atoms with van der Waals surface area (Å²) in [7, 11) is 0. The number of rotatable bonds is 2. The highest BCUT2D eigenvalue weighted by atomic mass is 79.9. The number of hydrogen-bond donors (Lipinski definition) is 0. The molecule has 0 radical (unpaired) electrons. The van der Waals surface area contributed by atoms with Gasteiger partial charge in [0.05, 0.1) is 11.2 Å². The van der Waals surface area contributed by atoms with Crippen LogP contribution in [-0.2, 0) is 4.74 Å². The third kappa shape index (κ3) is 4.34. The van der Waals surface area contributed by atoms with E-state index in [9.17, 15) is 9.59 Å². The number of pyridine rings is 1. The standard InChI is InChI=1S/C21H19BrN2O3/c1-21(2,3)27-20(26)24(19(25)15-9-11-16(22)12-10-15)17-8-4-6-14-7-5-13-23-18(14)17/h4-13H,1-3H3. The predicted molar refractivity (Wildman–Crippen MR) is 109 cm³/mol. The van der Waals surface area contributed by atoms with Crippen molar-refractivity contribution in [2.75, 3.05) is 4.90 Å². The van der Waals surface area contributed by atoms with Crippen molar-refractivity contribution in [1.29, 1.82) is 0 Å². The second-order valence-electron chi connectivity index (χ2n) is 6.98. The van der Waals surface area contributed by atoms with Gasteiger partial charge in [-0.3, -0.25) is 9.78 Å². The molecule has 3 rings (SSSR count). The Morgan fingerprint density at radius 1 is 1.00 bits per heavy atom. The first-order chi connectivity index (χ1) is 12.8. The van der Waals surface area contributed by atoms with Gasteiger partial charge in [-0.15, -0.1) is 0 Å². The van der Waals surface area contributed by atoms with Crippen LogP contribution in [-0.4, -0.2) is 22.6 Å². The van der Waals surface area contributed by atoms with Gasteiger partial charge in [0.25, 0.3) is 5.91 Å². The molecule has 0 saturated carbocycles. The number of halogens is 1. The van der Waals surface area contributed by atoms with Crippen LogP contribution >= 0.6 is 15.9 Å². The van der Waals surface area contributed by atoms with Crippen LogP contribution in [0.4, 0.5) is 10.5 Å². The van der Waals surface area contributed by atoms with Crippen molar-refractivity contribution < 1.29 is 14.3 Å². The Kier molecular flexibility index (Phi) is 5.28. The maximum absolute atomic E-state index is 13.2. The first-order valence-electron chi connectivity index (χ1n) is 8.43. The van der Waals surface area contributed by atoms with Gasteiger partial charge in [-0.05, 0) is 57.2 Å². The topological polar surface area (TPSA) is 59.5 Å². The molecule has 0 aliphatic rings. The van der Waals surface area contributed by atoms with E-state index in [0.29, 0.717) is 16.8 Å². The largest absolute Gasteiger partial charge is 0.443 e. The first kappa shape index (κ1) is 19.0. The molecule has 0 N–H and O–H groups in total. The van der Waals surface area contributed by atoms with E-state index in [1.807, 2.05) is 12.1 Å². The summed E-state index contributed by atoms with van der Waals surface area (Å²) in [4.78, 5) is 31.5. The van der Waals surface area contributed by atoms with E-state index in [0.717, 1.165) is 14.8 Å². The number of fused-ring (bicyclic) bond motifs is 1. The third-order valence-electron chi connectivity index (χ3n) is 3.72. The number of amides is 2. The lowest BCUT2D eigenvalue weighted by Crippen LogP contribution is -2.41. The van der Waals surface area contributed by atoms with Crippen LogP contribution in [0.3, 0.4) is 0 Å². The van der Waals surface area contributed by atoms with Gasteiger partial charge in [0.2, 0.25) is 0 Å². The summed E-state index contributed by atoms with van der Waals surface area (Å²) in [5, 5.41) is 0.826. The van der Waals surface area contributed by atoms with Crippen molar-refractivity contribution in [3.05, 3.63) is 70.8 Å². The highest BCUT2D eigenvalue weighted by Crippen LogP contribution is 2.28. The van der Waals surface area contributed by atoms with Crippen molar-refractivity contribution in [2.45, 2.75) is 26.4 Å². The van der Waals surface area contributed by atoms with Crippen LogP contribution in [0.2, 0.25) is 0 Å². The van der Waals surface area contributed by atoms with Gasteiger partial charge in [-0.2, -0.15) is 0 Å². The molecule has 0 saturated heterocycles. The first-order valence-corrected chi connectivity index (χ1v) is 9.22. The number of para-hydroxylation sites is 1. The molecule has 2 amide bonds. The van der Waals surface area contributed by atoms with Crippen LogP contribution in [0.25, 0.3) is 10.9 Å². The summed E-state index contributed by atoms with van der Waals surface area (Å²) in [6, 6.07) is 15.9. The predicted octanol–water partition coefficient (Wildman–Crippen LogP) is 5.58. The number of nitrogens with zero attached hydrogens (tertiary/aromatic N) is 2. The van der Waals surface area contributed by atoms with Crippen LogP contribution in [0.5, 0.6) is 0 Å². The lowest BCUT2D eigenvalue weighted by Gasteiger charge is -2.26. The molecule has 1 aromatic heterocycles. The lowest BCUT2D eigenvalue weighted by molar-refractivity contribution is 0.0564. The van der Waals surface area contributed by atoms with Crippen molar-refractivity contribution in [3.8, 4) is 0 Å². The Bertz CT molecular complexity index is 989. The average molecular weight is 427 g/mol. The van der Waals surface area contributed by atoms with E-state index in [4.69, 9.17) is 4.74 Å². The molecule has 27 heavy (non-hydrogen) atoms. The van der Waals surface area contributed by atoms with E-state index >= 15 is 0 Å². The number of carbonyl (C=O) groups is 2. The maximum atomic E-state index is 13.2. The quantitative estimate of drug-likeness (QED) is 0.536. The fourth-order valence-corrected chi connectivity index (χ4v) is 2.85. The minimum Gasteiger partial charge on any atom is -0.443 e. The van der Waals surface area contributed by atoms with E-state index in [1.54, 1.807) is 69.4 Å². The summed E-state index contributed by atoms with van der Waals surface area (Å²) in [6.07, 6.45) is 0.886. The Balaban J connectivity index is 2.13. The summed E-state index contributed by atoms with van der Waals surface area (Å²) >= 11 is 3.35. The van der Waals surface area contributed by atoms with Gasteiger partial charge in [0.15, 0.2) is 0 Å². The van der Waals surface area contributed by atoms with Crippen LogP contribution in [0.1, 0.15) is 31.1 Å². The average Bonchev–Trinajstić information content (AvgIpc) is 2.61. The molecule has 0 fully saturated rings. The zero-order valence-corrected chi connectivity index (χ0v) is 16.9. The highest BCUT2D eigenvalue weighted by Gasteiger charge is 2.31. The number of anilines is 1. The summed E-state index contributed by atoms with van der Waals surface area (Å²) < 4.78 is 6.34. The smallest absolute Gasteiger partial charge is 0.422 e. The SMILES string of the molecule is CC(C)(C)OC(=O)N(C(=O)c1ccc(Br)cc1)c1cccc2cccnc12. The minimum atomic E-state index is -0.743. The molecule has 0 unspecified atom stereocenters. The molecule has 2 aromatic carbocycles. The molecule has 0 spiro atoms. The zero-order chi connectivity index (χ0) is 19.6. The summed E-state index contributed by atoms with van der Waals surface area (Å²) in [6.45, 7) is 5.28. The number of benzene rings is 2. The van der Waals surface area contributed by atoms with E-state index < -0.39 is 17.6 Å². The molecular formula is C21H19BrN2O3. The van der Waals surface area contributed by atoms with Gasteiger partial charge in [0, 0.05) is 21.6 Å². The highest BCUT2D eigenvalue weighted by molar-refractivity contribution is 9.10. The number of aromatic nitrogens is 1. The Hall–Kier alpha value is -2.73. The number of ether oxygens (including phenoxy) is 1. The molecule has 0 bridgehead atoms. The van der Waals surface area contributed by atoms with Gasteiger partial charge < -0.3 is 4.74 Å². The molecule has 3 aromatic rings. The Morgan fingerprint density at radius 2 is 1.67 bits per heavy atom. The fourth-order valence-electron chi connectivity index (χ4n) is 2.59. The van der Waals surface area contributed by atoms with Gasteiger partial charge in [-0.1, -0.05) is 34.1 Å². The van der Waals surface area contributed by atoms with Crippen LogP contribution in [0.15, 0.2) is 65.3 Å². The maximum Gasteiger partial charge on any atom is 0.422 e. The van der Waals surface area contributed by atoms with Gasteiger partial charge >= 0.3 is 6.09 Å². The molecule has 0 aliphatic carbocycles. The Morgan fingerprint density at radius 3 is 2.33 bits per heavy atom. The fraction of sp³-hybridized carbons (Fsp3) is 0.190. The van der Waals surface area contributed by atoms with Crippen molar-refractivity contribution >= 4 is 44.5 Å². The second-order valence-corrected chi connectivity index (χ2v) is 7.90. The van der Waals surface area contributed by atoms with E-state index in [2.05, 4.69) is 20.9 Å².